The lowest BCUT2D eigenvalue weighted by atomic mass is 9.85. The molecule has 0 spiro atoms. The highest BCUT2D eigenvalue weighted by Gasteiger charge is 2.30. The van der Waals surface area contributed by atoms with Crippen molar-refractivity contribution in [3.8, 4) is 11.4 Å². The minimum atomic E-state index is -1.35. The highest BCUT2D eigenvalue weighted by Crippen LogP contribution is 2.39. The first-order valence-corrected chi connectivity index (χ1v) is 18.6. The van der Waals surface area contributed by atoms with Gasteiger partial charge >= 0.3 is 6.03 Å². The predicted octanol–water partition coefficient (Wildman–Crippen LogP) is 5.49. The SMILES string of the molecule is CS(=O)OCCn1cc(-n2nc(C(C)(C)C)cc2NC(=O)NC2CCC(Oc3ccc4nnc(N5CCCCC5)n4c3)c3ccccc32)cn1. The lowest BCUT2D eigenvalue weighted by molar-refractivity contribution is 0.171. The van der Waals surface area contributed by atoms with Gasteiger partial charge < -0.3 is 15.0 Å². The Morgan fingerprint density at radius 2 is 1.82 bits per heavy atom. The van der Waals surface area contributed by atoms with Crippen LogP contribution in [-0.4, -0.2) is 70.4 Å². The quantitative estimate of drug-likeness (QED) is 0.193. The molecule has 14 nitrogen and oxygen atoms in total. The van der Waals surface area contributed by atoms with Crippen LogP contribution in [0.25, 0.3) is 11.3 Å². The number of benzene rings is 1. The number of piperidine rings is 1. The number of hydrogen-bond donors (Lipinski definition) is 2. The minimum Gasteiger partial charge on any atom is -0.484 e. The summed E-state index contributed by atoms with van der Waals surface area (Å²) in [6.45, 7) is 8.87. The molecule has 2 N–H and O–H groups in total. The van der Waals surface area contributed by atoms with Crippen LogP contribution in [0.4, 0.5) is 16.6 Å². The topological polar surface area (TPSA) is 146 Å². The molecule has 7 rings (SSSR count). The van der Waals surface area contributed by atoms with Crippen LogP contribution < -0.4 is 20.3 Å². The smallest absolute Gasteiger partial charge is 0.320 e. The number of nitrogens with zero attached hydrogens (tertiary/aromatic N) is 8. The number of carbonyl (C=O) groups is 1. The van der Waals surface area contributed by atoms with E-state index in [1.54, 1.807) is 15.6 Å². The van der Waals surface area contributed by atoms with Crippen LogP contribution in [0, 0.1) is 0 Å². The van der Waals surface area contributed by atoms with Crippen LogP contribution in [0.2, 0.25) is 0 Å². The van der Waals surface area contributed by atoms with E-state index in [0.717, 1.165) is 66.5 Å². The molecule has 1 aliphatic carbocycles. The molecule has 5 heterocycles. The Morgan fingerprint density at radius 3 is 2.60 bits per heavy atom. The highest BCUT2D eigenvalue weighted by atomic mass is 32.2. The first kappa shape index (κ1) is 33.7. The van der Waals surface area contributed by atoms with Gasteiger partial charge in [0.2, 0.25) is 5.95 Å². The number of urea groups is 1. The molecule has 0 saturated carbocycles. The molecule has 0 bridgehead atoms. The molecule has 0 radical (unpaired) electrons. The minimum absolute atomic E-state index is 0.172. The number of ether oxygens (including phenoxy) is 1. The van der Waals surface area contributed by atoms with Crippen molar-refractivity contribution < 1.29 is 17.9 Å². The van der Waals surface area contributed by atoms with E-state index in [-0.39, 0.29) is 30.2 Å². The molecule has 4 aromatic heterocycles. The summed E-state index contributed by atoms with van der Waals surface area (Å²) in [6.07, 6.45) is 11.8. The third-order valence-corrected chi connectivity index (χ3v) is 9.67. The van der Waals surface area contributed by atoms with Crippen molar-refractivity contribution in [1.82, 2.24) is 39.5 Å². The van der Waals surface area contributed by atoms with E-state index in [0.29, 0.717) is 24.5 Å². The van der Waals surface area contributed by atoms with Gasteiger partial charge in [-0.3, -0.25) is 18.6 Å². The van der Waals surface area contributed by atoms with Crippen molar-refractivity contribution in [2.75, 3.05) is 36.2 Å². The summed E-state index contributed by atoms with van der Waals surface area (Å²) < 4.78 is 28.5. The maximum atomic E-state index is 13.6. The van der Waals surface area contributed by atoms with Crippen molar-refractivity contribution in [2.45, 2.75) is 77.0 Å². The average molecular weight is 701 g/mol. The number of amides is 2. The average Bonchev–Trinajstić information content (AvgIpc) is 3.85. The molecule has 1 saturated heterocycles. The molecular weight excluding hydrogens is 657 g/mol. The number of aromatic nitrogens is 7. The van der Waals surface area contributed by atoms with Crippen LogP contribution in [0.1, 0.15) is 81.8 Å². The number of hydrogen-bond acceptors (Lipinski definition) is 9. The van der Waals surface area contributed by atoms with Crippen molar-refractivity contribution >= 4 is 34.5 Å². The number of carbonyl (C=O) groups excluding carboxylic acids is 1. The summed E-state index contributed by atoms with van der Waals surface area (Å²) in [5, 5.41) is 24.3. The molecule has 264 valence electrons. The Hall–Kier alpha value is -4.76. The Labute approximate surface area is 293 Å². The molecule has 3 atom stereocenters. The second-order valence-corrected chi connectivity index (χ2v) is 14.9. The molecule has 15 heteroatoms. The normalized spacial score (nSPS) is 18.5. The Morgan fingerprint density at radius 1 is 1.02 bits per heavy atom. The number of nitrogens with one attached hydrogen (secondary N) is 2. The number of fused-ring (bicyclic) bond motifs is 2. The Balaban J connectivity index is 1.06. The summed E-state index contributed by atoms with van der Waals surface area (Å²) in [7, 11) is 0. The maximum absolute atomic E-state index is 13.6. The largest absolute Gasteiger partial charge is 0.484 e. The summed E-state index contributed by atoms with van der Waals surface area (Å²) in [5.74, 6) is 2.13. The van der Waals surface area contributed by atoms with E-state index in [9.17, 15) is 9.00 Å². The first-order chi connectivity index (χ1) is 24.1. The fourth-order valence-electron chi connectivity index (χ4n) is 6.60. The fraction of sp³-hybridized carbons (Fsp3) is 0.457. The van der Waals surface area contributed by atoms with E-state index < -0.39 is 11.1 Å². The van der Waals surface area contributed by atoms with Gasteiger partial charge in [-0.25, -0.2) is 13.7 Å². The first-order valence-electron chi connectivity index (χ1n) is 17.2. The second kappa shape index (κ2) is 14.2. The maximum Gasteiger partial charge on any atom is 0.320 e. The van der Waals surface area contributed by atoms with Gasteiger partial charge in [-0.2, -0.15) is 10.2 Å². The van der Waals surface area contributed by atoms with Crippen molar-refractivity contribution in [1.29, 1.82) is 0 Å². The molecular formula is C35H44N10O4S. The number of pyridine rings is 1. The second-order valence-electron chi connectivity index (χ2n) is 13.9. The van der Waals surface area contributed by atoms with E-state index in [2.05, 4.69) is 63.7 Å². The van der Waals surface area contributed by atoms with Crippen molar-refractivity contribution in [3.05, 3.63) is 77.9 Å². The molecule has 2 amide bonds. The summed E-state index contributed by atoms with van der Waals surface area (Å²) >= 11 is -1.35. The standard InChI is InChI=1S/C35H44N10O4S/c1-35(2,3)30-20-32(45(41-30)24-21-36-43(22-24)18-19-48-50(4)47)38-33(46)37-28-13-14-29(27-11-7-6-10-26(27)28)49-25-12-15-31-39-40-34(44(31)23-25)42-16-8-5-9-17-42/h6-7,10-12,15,20-23,28-29H,5,8-9,13-14,16-19H2,1-4H3,(H2,37,38,46). The molecule has 3 unspecified atom stereocenters. The molecule has 50 heavy (non-hydrogen) atoms. The summed E-state index contributed by atoms with van der Waals surface area (Å²) in [6, 6.07) is 13.4. The summed E-state index contributed by atoms with van der Waals surface area (Å²) in [5.41, 5.74) is 4.12. The Bertz CT molecular complexity index is 1990. The zero-order valence-electron chi connectivity index (χ0n) is 28.9. The van der Waals surface area contributed by atoms with Crippen LogP contribution >= 0.6 is 0 Å². The molecule has 2 aliphatic rings. The van der Waals surface area contributed by atoms with Crippen LogP contribution in [0.15, 0.2) is 61.1 Å². The van der Waals surface area contributed by atoms with Gasteiger partial charge in [0.25, 0.3) is 0 Å². The molecule has 5 aromatic rings. The van der Waals surface area contributed by atoms with Crippen molar-refractivity contribution in [3.63, 3.8) is 0 Å². The van der Waals surface area contributed by atoms with Gasteiger partial charge in [-0.05, 0) is 55.4 Å². The van der Waals surface area contributed by atoms with Gasteiger partial charge in [-0.1, -0.05) is 45.0 Å². The third-order valence-electron chi connectivity index (χ3n) is 9.17. The molecule has 1 aromatic carbocycles. The van der Waals surface area contributed by atoms with E-state index in [1.807, 2.05) is 47.1 Å². The van der Waals surface area contributed by atoms with Gasteiger partial charge in [0.15, 0.2) is 16.7 Å². The summed E-state index contributed by atoms with van der Waals surface area (Å²) in [4.78, 5) is 15.9. The van der Waals surface area contributed by atoms with E-state index in [4.69, 9.17) is 14.0 Å². The zero-order valence-corrected chi connectivity index (χ0v) is 29.7. The number of anilines is 2. The van der Waals surface area contributed by atoms with Crippen LogP contribution in [-0.2, 0) is 27.2 Å². The predicted molar refractivity (Wildman–Crippen MR) is 191 cm³/mol. The van der Waals surface area contributed by atoms with Gasteiger partial charge in [0.05, 0.1) is 43.5 Å². The lowest BCUT2D eigenvalue weighted by Gasteiger charge is -2.32. The Kier molecular flexibility index (Phi) is 9.60. The molecule has 1 fully saturated rings. The van der Waals surface area contributed by atoms with E-state index >= 15 is 0 Å². The lowest BCUT2D eigenvalue weighted by Crippen LogP contribution is -2.36. The molecule has 1 aliphatic heterocycles. The zero-order chi connectivity index (χ0) is 34.8. The fourth-order valence-corrected chi connectivity index (χ4v) is 6.91. The van der Waals surface area contributed by atoms with Gasteiger partial charge in [0.1, 0.15) is 23.4 Å². The third kappa shape index (κ3) is 7.38. The highest BCUT2D eigenvalue weighted by molar-refractivity contribution is 7.79. The monoisotopic (exact) mass is 700 g/mol. The number of rotatable bonds is 10. The van der Waals surface area contributed by atoms with Crippen LogP contribution in [0.3, 0.4) is 0 Å². The van der Waals surface area contributed by atoms with Crippen molar-refractivity contribution in [2.24, 2.45) is 0 Å². The van der Waals surface area contributed by atoms with Gasteiger partial charge in [0, 0.05) is 30.8 Å². The van der Waals surface area contributed by atoms with Crippen LogP contribution in [0.5, 0.6) is 5.75 Å². The van der Waals surface area contributed by atoms with E-state index in [1.165, 1.54) is 12.7 Å². The van der Waals surface area contributed by atoms with Gasteiger partial charge in [-0.15, -0.1) is 10.2 Å².